The van der Waals surface area contributed by atoms with Gasteiger partial charge in [0.2, 0.25) is 0 Å². The maximum absolute atomic E-state index is 3.53. The van der Waals surface area contributed by atoms with Gasteiger partial charge in [-0.3, -0.25) is 0 Å². The highest BCUT2D eigenvalue weighted by Gasteiger charge is 2.12. The summed E-state index contributed by atoms with van der Waals surface area (Å²) >= 11 is 12.4. The molecule has 0 N–H and O–H groups in total. The lowest BCUT2D eigenvalue weighted by Crippen LogP contribution is -1.66. The number of rotatable bonds is 2. The lowest BCUT2D eigenvalue weighted by Gasteiger charge is -1.94. The van der Waals surface area contributed by atoms with E-state index >= 15 is 0 Å². The summed E-state index contributed by atoms with van der Waals surface area (Å²) in [6.07, 6.45) is 4.20. The van der Waals surface area contributed by atoms with Crippen LogP contribution in [0, 0.1) is 0 Å². The Morgan fingerprint density at radius 3 is 2.18 bits per heavy atom. The minimum Gasteiger partial charge on any atom is -0.126 e. The zero-order valence-corrected chi connectivity index (χ0v) is 11.6. The summed E-state index contributed by atoms with van der Waals surface area (Å²) in [5.74, 6) is 0. The summed E-state index contributed by atoms with van der Waals surface area (Å²) in [5, 5.41) is 0. The quantitative estimate of drug-likeness (QED) is 0.718. The molecular formula is C6H6Br2S3. The van der Waals surface area contributed by atoms with Gasteiger partial charge in [0.1, 0.15) is 0 Å². The van der Waals surface area contributed by atoms with E-state index in [4.69, 9.17) is 0 Å². The van der Waals surface area contributed by atoms with Gasteiger partial charge < -0.3 is 0 Å². The van der Waals surface area contributed by atoms with E-state index in [1.165, 1.54) is 17.4 Å². The van der Waals surface area contributed by atoms with Crippen molar-refractivity contribution < 1.29 is 0 Å². The molecule has 1 rings (SSSR count). The molecule has 0 fully saturated rings. The Balaban J connectivity index is 3.15. The third-order valence-corrected chi connectivity index (χ3v) is 7.03. The molecule has 0 nitrogen and oxygen atoms in total. The molecular weight excluding hydrogens is 328 g/mol. The normalized spacial score (nSPS) is 10.5. The van der Waals surface area contributed by atoms with E-state index in [2.05, 4.69) is 44.4 Å². The van der Waals surface area contributed by atoms with Crippen LogP contribution in [0.1, 0.15) is 0 Å². The average Bonchev–Trinajstić information content (AvgIpc) is 2.28. The molecule has 0 saturated carbocycles. The highest BCUT2D eigenvalue weighted by Crippen LogP contribution is 2.46. The summed E-state index contributed by atoms with van der Waals surface area (Å²) in [7, 11) is 0. The molecule has 0 aliphatic carbocycles. The van der Waals surface area contributed by atoms with Crippen LogP contribution in [-0.2, 0) is 0 Å². The van der Waals surface area contributed by atoms with E-state index in [9.17, 15) is 0 Å². The van der Waals surface area contributed by atoms with Crippen molar-refractivity contribution in [2.75, 3.05) is 12.5 Å². The van der Waals surface area contributed by atoms with E-state index in [-0.39, 0.29) is 0 Å². The summed E-state index contributed by atoms with van der Waals surface area (Å²) in [5.41, 5.74) is 0. The molecule has 1 heterocycles. The smallest absolute Gasteiger partial charge is 0.0864 e. The van der Waals surface area contributed by atoms with Crippen LogP contribution in [-0.4, -0.2) is 12.5 Å². The van der Waals surface area contributed by atoms with Crippen LogP contribution < -0.4 is 0 Å². The molecule has 62 valence electrons. The van der Waals surface area contributed by atoms with Crippen LogP contribution in [0.25, 0.3) is 0 Å². The largest absolute Gasteiger partial charge is 0.126 e. The minimum absolute atomic E-state index is 1.19. The summed E-state index contributed by atoms with van der Waals surface area (Å²) in [6.45, 7) is 0. The van der Waals surface area contributed by atoms with E-state index in [1.54, 1.807) is 34.9 Å². The Morgan fingerprint density at radius 2 is 1.82 bits per heavy atom. The van der Waals surface area contributed by atoms with Crippen LogP contribution in [0.15, 0.2) is 17.4 Å². The fourth-order valence-corrected chi connectivity index (χ4v) is 5.79. The Labute approximate surface area is 95.8 Å². The Hall–Kier alpha value is 1.36. The van der Waals surface area contributed by atoms with Crippen molar-refractivity contribution in [2.45, 2.75) is 9.10 Å². The maximum Gasteiger partial charge on any atom is 0.0864 e. The molecule has 0 unspecified atom stereocenters. The minimum atomic E-state index is 1.19. The molecule has 0 radical (unpaired) electrons. The third kappa shape index (κ3) is 2.18. The van der Waals surface area contributed by atoms with Gasteiger partial charge in [0.25, 0.3) is 0 Å². The van der Waals surface area contributed by atoms with Crippen molar-refractivity contribution in [3.05, 3.63) is 8.26 Å². The Bertz CT molecular complexity index is 257. The van der Waals surface area contributed by atoms with Crippen molar-refractivity contribution in [3.63, 3.8) is 0 Å². The number of thiophene rings is 1. The fourth-order valence-electron chi connectivity index (χ4n) is 0.659. The molecule has 0 aliphatic heterocycles. The third-order valence-electron chi connectivity index (χ3n) is 1.13. The molecule has 11 heavy (non-hydrogen) atoms. The lowest BCUT2D eigenvalue weighted by atomic mass is 10.7. The second kappa shape index (κ2) is 4.56. The van der Waals surface area contributed by atoms with Gasteiger partial charge in [0.05, 0.1) is 12.5 Å². The topological polar surface area (TPSA) is 0 Å². The van der Waals surface area contributed by atoms with Crippen molar-refractivity contribution in [2.24, 2.45) is 0 Å². The van der Waals surface area contributed by atoms with Crippen molar-refractivity contribution >= 4 is 66.7 Å². The standard InChI is InChI=1S/C6H6Br2S3/c1-9-4-3(7)5(8)11-6(4)10-2/h1-2H3. The van der Waals surface area contributed by atoms with Gasteiger partial charge in [-0.25, -0.2) is 0 Å². The SMILES string of the molecule is CSc1sc(Br)c(Br)c1SC. The van der Waals surface area contributed by atoms with Gasteiger partial charge in [0, 0.05) is 4.90 Å². The van der Waals surface area contributed by atoms with Gasteiger partial charge in [-0.2, -0.15) is 0 Å². The molecule has 5 heteroatoms. The molecule has 0 bridgehead atoms. The summed E-state index contributed by atoms with van der Waals surface area (Å²) < 4.78 is 3.75. The average molecular weight is 334 g/mol. The molecule has 0 spiro atoms. The first-order valence-corrected chi connectivity index (χ1v) is 7.61. The van der Waals surface area contributed by atoms with Crippen LogP contribution >= 0.6 is 66.7 Å². The van der Waals surface area contributed by atoms with Gasteiger partial charge in [-0.15, -0.1) is 34.9 Å². The number of thioether (sulfide) groups is 2. The number of hydrogen-bond acceptors (Lipinski definition) is 3. The maximum atomic E-state index is 3.53. The predicted octanol–water partition coefficient (Wildman–Crippen LogP) is 4.72. The van der Waals surface area contributed by atoms with E-state index in [0.717, 1.165) is 0 Å². The molecule has 1 aromatic heterocycles. The van der Waals surface area contributed by atoms with Crippen molar-refractivity contribution in [1.82, 2.24) is 0 Å². The Morgan fingerprint density at radius 1 is 1.18 bits per heavy atom. The fraction of sp³-hybridized carbons (Fsp3) is 0.333. The predicted molar refractivity (Wildman–Crippen MR) is 63.3 cm³/mol. The first-order chi connectivity index (χ1) is 5.20. The Kier molecular flexibility index (Phi) is 4.32. The highest BCUT2D eigenvalue weighted by atomic mass is 79.9. The zero-order chi connectivity index (χ0) is 8.43. The van der Waals surface area contributed by atoms with Crippen LogP contribution in [0.5, 0.6) is 0 Å². The molecule has 0 amide bonds. The van der Waals surface area contributed by atoms with Crippen LogP contribution in [0.3, 0.4) is 0 Å². The summed E-state index contributed by atoms with van der Waals surface area (Å²) in [6, 6.07) is 0. The number of hydrogen-bond donors (Lipinski definition) is 0. The molecule has 0 aromatic carbocycles. The second-order valence-corrected chi connectivity index (χ2v) is 6.74. The first-order valence-electron chi connectivity index (χ1n) is 2.76. The van der Waals surface area contributed by atoms with Crippen molar-refractivity contribution in [3.8, 4) is 0 Å². The molecule has 0 aliphatic rings. The van der Waals surface area contributed by atoms with Gasteiger partial charge in [-0.1, -0.05) is 0 Å². The van der Waals surface area contributed by atoms with Gasteiger partial charge in [0.15, 0.2) is 0 Å². The lowest BCUT2D eigenvalue weighted by molar-refractivity contribution is 1.36. The summed E-state index contributed by atoms with van der Waals surface area (Å²) in [4.78, 5) is 1.34. The van der Waals surface area contributed by atoms with E-state index < -0.39 is 0 Å². The van der Waals surface area contributed by atoms with Gasteiger partial charge in [-0.05, 0) is 44.4 Å². The molecule has 0 atom stereocenters. The number of halogens is 2. The monoisotopic (exact) mass is 332 g/mol. The highest BCUT2D eigenvalue weighted by molar-refractivity contribution is 9.13. The molecule has 1 aromatic rings. The zero-order valence-electron chi connectivity index (χ0n) is 5.98. The second-order valence-electron chi connectivity index (χ2n) is 1.71. The van der Waals surface area contributed by atoms with Crippen LogP contribution in [0.2, 0.25) is 0 Å². The van der Waals surface area contributed by atoms with Gasteiger partial charge >= 0.3 is 0 Å². The van der Waals surface area contributed by atoms with Crippen molar-refractivity contribution in [1.29, 1.82) is 0 Å². The molecule has 0 saturated heterocycles. The first kappa shape index (κ1) is 10.4. The van der Waals surface area contributed by atoms with E-state index in [1.807, 2.05) is 0 Å². The van der Waals surface area contributed by atoms with E-state index in [0.29, 0.717) is 0 Å². The van der Waals surface area contributed by atoms with Crippen LogP contribution in [0.4, 0.5) is 0 Å².